The van der Waals surface area contributed by atoms with Crippen LogP contribution in [0, 0.1) is 17.0 Å². The Morgan fingerprint density at radius 1 is 1.00 bits per heavy atom. The van der Waals surface area contributed by atoms with Gasteiger partial charge < -0.3 is 9.80 Å². The molecule has 0 aromatic heterocycles. The van der Waals surface area contributed by atoms with Crippen molar-refractivity contribution in [3.63, 3.8) is 0 Å². The standard InChI is InChI=1S/C16H15N3O2/c1-11-2-4-15-12(6-11)8-17-10-18(15)9-13-7-14(19(20)21)3-5-16(13)17/h2-7H,8-10H2,1H3. The van der Waals surface area contributed by atoms with E-state index in [0.29, 0.717) is 0 Å². The van der Waals surface area contributed by atoms with Crippen molar-refractivity contribution < 1.29 is 4.92 Å². The molecule has 0 atom stereocenters. The first-order valence-electron chi connectivity index (χ1n) is 6.98. The van der Waals surface area contributed by atoms with Gasteiger partial charge in [-0.2, -0.15) is 0 Å². The third kappa shape index (κ3) is 1.85. The Bertz CT molecular complexity index is 757. The van der Waals surface area contributed by atoms with Gasteiger partial charge in [0.05, 0.1) is 11.6 Å². The van der Waals surface area contributed by atoms with Crippen LogP contribution in [-0.4, -0.2) is 11.6 Å². The molecule has 0 amide bonds. The van der Waals surface area contributed by atoms with Crippen molar-refractivity contribution in [1.82, 2.24) is 0 Å². The third-order valence-corrected chi connectivity index (χ3v) is 4.25. The number of hydrogen-bond acceptors (Lipinski definition) is 4. The van der Waals surface area contributed by atoms with E-state index >= 15 is 0 Å². The molecular weight excluding hydrogens is 266 g/mol. The molecule has 2 heterocycles. The molecule has 5 heteroatoms. The molecule has 0 unspecified atom stereocenters. The summed E-state index contributed by atoms with van der Waals surface area (Å²) in [5.74, 6) is 0. The molecule has 4 rings (SSSR count). The number of nitrogens with zero attached hydrogens (tertiary/aromatic N) is 3. The first-order valence-corrected chi connectivity index (χ1v) is 6.98. The molecule has 21 heavy (non-hydrogen) atoms. The van der Waals surface area contributed by atoms with Crippen molar-refractivity contribution in [3.05, 3.63) is 63.2 Å². The van der Waals surface area contributed by atoms with Crippen LogP contribution < -0.4 is 9.80 Å². The fourth-order valence-corrected chi connectivity index (χ4v) is 3.31. The minimum atomic E-state index is -0.327. The van der Waals surface area contributed by atoms with Crippen molar-refractivity contribution in [2.24, 2.45) is 0 Å². The van der Waals surface area contributed by atoms with Crippen molar-refractivity contribution >= 4 is 17.1 Å². The Kier molecular flexibility index (Phi) is 2.45. The minimum absolute atomic E-state index is 0.167. The smallest absolute Gasteiger partial charge is 0.269 e. The molecule has 106 valence electrons. The molecule has 0 saturated heterocycles. The van der Waals surface area contributed by atoms with Gasteiger partial charge in [0.25, 0.3) is 5.69 Å². The summed E-state index contributed by atoms with van der Waals surface area (Å²) >= 11 is 0. The first kappa shape index (κ1) is 12.2. The predicted molar refractivity (Wildman–Crippen MR) is 81.5 cm³/mol. The maximum absolute atomic E-state index is 10.9. The second kappa shape index (κ2) is 4.22. The molecule has 0 radical (unpaired) electrons. The lowest BCUT2D eigenvalue weighted by atomic mass is 10.00. The Hall–Kier alpha value is -2.56. The van der Waals surface area contributed by atoms with Crippen LogP contribution >= 0.6 is 0 Å². The molecule has 2 aromatic carbocycles. The lowest BCUT2D eigenvalue weighted by molar-refractivity contribution is -0.384. The number of hydrogen-bond donors (Lipinski definition) is 0. The number of nitro groups is 1. The van der Waals surface area contributed by atoms with E-state index in [1.165, 1.54) is 16.8 Å². The molecular formula is C16H15N3O2. The van der Waals surface area contributed by atoms with Crippen molar-refractivity contribution in [1.29, 1.82) is 0 Å². The summed E-state index contributed by atoms with van der Waals surface area (Å²) < 4.78 is 0. The van der Waals surface area contributed by atoms with Gasteiger partial charge in [-0.25, -0.2) is 0 Å². The third-order valence-electron chi connectivity index (χ3n) is 4.25. The van der Waals surface area contributed by atoms with E-state index in [0.717, 1.165) is 31.0 Å². The van der Waals surface area contributed by atoms with Crippen LogP contribution in [0.25, 0.3) is 0 Å². The molecule has 0 saturated carbocycles. The van der Waals surface area contributed by atoms with Gasteiger partial charge in [-0.05, 0) is 24.6 Å². The van der Waals surface area contributed by atoms with Gasteiger partial charge >= 0.3 is 0 Å². The number of nitro benzene ring substituents is 1. The number of benzene rings is 2. The Labute approximate surface area is 122 Å². The predicted octanol–water partition coefficient (Wildman–Crippen LogP) is 3.20. The van der Waals surface area contributed by atoms with Crippen LogP contribution in [0.1, 0.15) is 16.7 Å². The van der Waals surface area contributed by atoms with Gasteiger partial charge in [0.2, 0.25) is 0 Å². The Balaban J connectivity index is 1.79. The summed E-state index contributed by atoms with van der Waals surface area (Å²) in [6, 6.07) is 11.7. The van der Waals surface area contributed by atoms with Gasteiger partial charge in [0, 0.05) is 42.2 Å². The summed E-state index contributed by atoms with van der Waals surface area (Å²) in [6.07, 6.45) is 0. The highest BCUT2D eigenvalue weighted by atomic mass is 16.6. The van der Waals surface area contributed by atoms with E-state index in [9.17, 15) is 10.1 Å². The fourth-order valence-electron chi connectivity index (χ4n) is 3.31. The summed E-state index contributed by atoms with van der Waals surface area (Å²) in [5.41, 5.74) is 6.14. The van der Waals surface area contributed by atoms with E-state index in [1.54, 1.807) is 12.1 Å². The van der Waals surface area contributed by atoms with E-state index in [2.05, 4.69) is 34.9 Å². The molecule has 2 aliphatic heterocycles. The molecule has 5 nitrogen and oxygen atoms in total. The van der Waals surface area contributed by atoms with Gasteiger partial charge in [-0.3, -0.25) is 10.1 Å². The highest BCUT2D eigenvalue weighted by Crippen LogP contribution is 2.39. The van der Waals surface area contributed by atoms with Crippen LogP contribution in [0.2, 0.25) is 0 Å². The van der Waals surface area contributed by atoms with Crippen molar-refractivity contribution in [2.75, 3.05) is 16.5 Å². The van der Waals surface area contributed by atoms with Gasteiger partial charge in [0.15, 0.2) is 0 Å². The van der Waals surface area contributed by atoms with Gasteiger partial charge in [-0.15, -0.1) is 0 Å². The quantitative estimate of drug-likeness (QED) is 0.595. The van der Waals surface area contributed by atoms with Crippen LogP contribution in [0.5, 0.6) is 0 Å². The van der Waals surface area contributed by atoms with Gasteiger partial charge in [0.1, 0.15) is 0 Å². The number of aryl methyl sites for hydroxylation is 1. The monoisotopic (exact) mass is 281 g/mol. The zero-order chi connectivity index (χ0) is 14.6. The van der Waals surface area contributed by atoms with E-state index in [4.69, 9.17) is 0 Å². The fraction of sp³-hybridized carbons (Fsp3) is 0.250. The first-order chi connectivity index (χ1) is 10.1. The summed E-state index contributed by atoms with van der Waals surface area (Å²) in [4.78, 5) is 15.2. The van der Waals surface area contributed by atoms with Crippen molar-refractivity contribution in [3.8, 4) is 0 Å². The normalized spacial score (nSPS) is 15.5. The maximum atomic E-state index is 10.9. The molecule has 2 aromatic rings. The van der Waals surface area contributed by atoms with Crippen LogP contribution in [0.15, 0.2) is 36.4 Å². The average molecular weight is 281 g/mol. The summed E-state index contributed by atoms with van der Waals surface area (Å²) in [5, 5.41) is 10.9. The van der Waals surface area contributed by atoms with Crippen LogP contribution in [0.3, 0.4) is 0 Å². The van der Waals surface area contributed by atoms with Crippen LogP contribution in [0.4, 0.5) is 17.1 Å². The zero-order valence-corrected chi connectivity index (χ0v) is 11.7. The topological polar surface area (TPSA) is 49.6 Å². The number of anilines is 2. The lowest BCUT2D eigenvalue weighted by Gasteiger charge is -2.44. The molecule has 0 spiro atoms. The second-order valence-electron chi connectivity index (χ2n) is 5.74. The maximum Gasteiger partial charge on any atom is 0.269 e. The number of fused-ring (bicyclic) bond motifs is 6. The Morgan fingerprint density at radius 3 is 2.29 bits per heavy atom. The lowest BCUT2D eigenvalue weighted by Crippen LogP contribution is -2.46. The second-order valence-corrected chi connectivity index (χ2v) is 5.74. The Morgan fingerprint density at radius 2 is 1.62 bits per heavy atom. The van der Waals surface area contributed by atoms with Crippen LogP contribution in [-0.2, 0) is 13.1 Å². The molecule has 2 aliphatic rings. The number of non-ortho nitro benzene ring substituents is 1. The molecule has 2 bridgehead atoms. The average Bonchev–Trinajstić information content (AvgIpc) is 2.46. The summed E-state index contributed by atoms with van der Waals surface area (Å²) in [7, 11) is 0. The molecule has 0 fully saturated rings. The number of rotatable bonds is 1. The largest absolute Gasteiger partial charge is 0.349 e. The molecule has 0 aliphatic carbocycles. The zero-order valence-electron chi connectivity index (χ0n) is 11.7. The minimum Gasteiger partial charge on any atom is -0.349 e. The van der Waals surface area contributed by atoms with Gasteiger partial charge in [-0.1, -0.05) is 17.7 Å². The SMILES string of the molecule is Cc1ccc2c(c1)CN1CN2Cc2cc([N+](=O)[O-])ccc21. The van der Waals surface area contributed by atoms with Crippen molar-refractivity contribution in [2.45, 2.75) is 20.0 Å². The van der Waals surface area contributed by atoms with E-state index in [1.807, 2.05) is 6.07 Å². The highest BCUT2D eigenvalue weighted by molar-refractivity contribution is 5.69. The molecule has 0 N–H and O–H groups in total. The highest BCUT2D eigenvalue weighted by Gasteiger charge is 2.30. The summed E-state index contributed by atoms with van der Waals surface area (Å²) in [6.45, 7) is 4.54. The van der Waals surface area contributed by atoms with E-state index < -0.39 is 0 Å². The van der Waals surface area contributed by atoms with E-state index in [-0.39, 0.29) is 10.6 Å².